The van der Waals surface area contributed by atoms with Crippen molar-refractivity contribution in [3.63, 3.8) is 0 Å². The third-order valence-corrected chi connectivity index (χ3v) is 15.1. The number of benzene rings is 10. The highest BCUT2D eigenvalue weighted by Gasteiger charge is 2.23. The van der Waals surface area contributed by atoms with Crippen LogP contribution in [-0.4, -0.2) is 15.0 Å². The van der Waals surface area contributed by atoms with Crippen LogP contribution in [-0.2, 0) is 6.42 Å². The number of nitrogens with zero attached hydrogens (tertiary/aromatic N) is 3. The molecule has 0 bridgehead atoms. The molecule has 5 heteroatoms. The lowest BCUT2D eigenvalue weighted by atomic mass is 9.79. The lowest BCUT2D eigenvalue weighted by molar-refractivity contribution is 0.670. The summed E-state index contributed by atoms with van der Waals surface area (Å²) in [6.45, 7) is 0. The van der Waals surface area contributed by atoms with Gasteiger partial charge in [-0.25, -0.2) is 15.0 Å². The minimum absolute atomic E-state index is 0.651. The molecule has 71 heavy (non-hydrogen) atoms. The Labute approximate surface area is 414 Å². The molecule has 0 spiro atoms. The normalized spacial score (nSPS) is 12.8. The summed E-state index contributed by atoms with van der Waals surface area (Å²) in [5.74, 6) is 1.96. The predicted molar refractivity (Wildman–Crippen MR) is 296 cm³/mol. The number of hydrogen-bond donors (Lipinski definition) is 0. The molecule has 4 nitrogen and oxygen atoms in total. The highest BCUT2D eigenvalue weighted by Crippen LogP contribution is 2.46. The molecule has 1 aliphatic rings. The lowest BCUT2D eigenvalue weighted by Gasteiger charge is -2.25. The monoisotopic (exact) mass is 923 g/mol. The molecular weight excluding hydrogens is 883 g/mol. The number of rotatable bonds is 7. The maximum Gasteiger partial charge on any atom is 0.164 e. The molecule has 13 aromatic rings. The summed E-state index contributed by atoms with van der Waals surface area (Å²) >= 11 is 1.81. The molecule has 332 valence electrons. The van der Waals surface area contributed by atoms with E-state index in [1.807, 2.05) is 48.5 Å². The maximum absolute atomic E-state index is 6.49. The van der Waals surface area contributed by atoms with Crippen LogP contribution < -0.4 is 0 Å². The Bertz CT molecular complexity index is 4190. The number of hydrogen-bond acceptors (Lipinski definition) is 5. The number of furan rings is 1. The summed E-state index contributed by atoms with van der Waals surface area (Å²) in [4.78, 5) is 15.3. The average molecular weight is 924 g/mol. The molecule has 0 fully saturated rings. The Kier molecular flexibility index (Phi) is 9.75. The van der Waals surface area contributed by atoms with E-state index in [1.54, 1.807) is 11.3 Å². The van der Waals surface area contributed by atoms with Crippen molar-refractivity contribution in [1.82, 2.24) is 15.0 Å². The third-order valence-electron chi connectivity index (χ3n) is 14.0. The number of para-hydroxylation sites is 2. The van der Waals surface area contributed by atoms with Gasteiger partial charge in [0.25, 0.3) is 0 Å². The van der Waals surface area contributed by atoms with Gasteiger partial charge in [0.05, 0.1) is 0 Å². The van der Waals surface area contributed by atoms with Crippen LogP contribution in [0.4, 0.5) is 0 Å². The Hall–Kier alpha value is -9.03. The van der Waals surface area contributed by atoms with E-state index in [1.165, 1.54) is 59.3 Å². The molecule has 3 aromatic heterocycles. The van der Waals surface area contributed by atoms with Crippen LogP contribution in [0.5, 0.6) is 0 Å². The lowest BCUT2D eigenvalue weighted by Crippen LogP contribution is -2.04. The van der Waals surface area contributed by atoms with E-state index in [0.717, 1.165) is 72.7 Å². The summed E-state index contributed by atoms with van der Waals surface area (Å²) < 4.78 is 8.90. The average Bonchev–Trinajstić information content (AvgIpc) is 4.02. The van der Waals surface area contributed by atoms with Gasteiger partial charge in [0.15, 0.2) is 17.5 Å². The molecule has 10 aromatic carbocycles. The Morgan fingerprint density at radius 3 is 1.76 bits per heavy atom. The van der Waals surface area contributed by atoms with E-state index < -0.39 is 0 Å². The van der Waals surface area contributed by atoms with Crippen LogP contribution in [0.2, 0.25) is 0 Å². The van der Waals surface area contributed by atoms with E-state index in [2.05, 4.69) is 188 Å². The van der Waals surface area contributed by atoms with Crippen LogP contribution in [0, 0.1) is 0 Å². The highest BCUT2D eigenvalue weighted by atomic mass is 32.1. The Balaban J connectivity index is 0.898. The van der Waals surface area contributed by atoms with Gasteiger partial charge in [-0.3, -0.25) is 0 Å². The molecule has 0 N–H and O–H groups in total. The predicted octanol–water partition coefficient (Wildman–Crippen LogP) is 17.9. The van der Waals surface area contributed by atoms with Crippen LogP contribution in [0.25, 0.3) is 132 Å². The summed E-state index contributed by atoms with van der Waals surface area (Å²) in [6, 6.07) is 82.2. The van der Waals surface area contributed by atoms with Gasteiger partial charge in [-0.05, 0) is 110 Å². The van der Waals surface area contributed by atoms with E-state index in [9.17, 15) is 0 Å². The minimum Gasteiger partial charge on any atom is -0.455 e. The van der Waals surface area contributed by atoms with Crippen molar-refractivity contribution >= 4 is 65.1 Å². The quantitative estimate of drug-likeness (QED) is 0.160. The minimum atomic E-state index is 0.651. The zero-order valence-corrected chi connectivity index (χ0v) is 39.2. The van der Waals surface area contributed by atoms with Gasteiger partial charge in [-0.2, -0.15) is 0 Å². The summed E-state index contributed by atoms with van der Waals surface area (Å²) in [7, 11) is 0. The van der Waals surface area contributed by atoms with Gasteiger partial charge in [-0.1, -0.05) is 194 Å². The number of allylic oxidation sites excluding steroid dienone is 1. The molecule has 0 amide bonds. The van der Waals surface area contributed by atoms with Crippen molar-refractivity contribution in [1.29, 1.82) is 0 Å². The van der Waals surface area contributed by atoms with Gasteiger partial charge in [0.1, 0.15) is 11.2 Å². The topological polar surface area (TPSA) is 51.8 Å². The molecule has 14 rings (SSSR count). The Morgan fingerprint density at radius 2 is 0.958 bits per heavy atom. The first kappa shape index (κ1) is 41.0. The van der Waals surface area contributed by atoms with Crippen molar-refractivity contribution in [2.45, 2.75) is 6.42 Å². The van der Waals surface area contributed by atoms with E-state index >= 15 is 0 Å². The van der Waals surface area contributed by atoms with Crippen LogP contribution in [0.1, 0.15) is 16.7 Å². The maximum atomic E-state index is 6.49. The fraction of sp³-hybridized carbons (Fsp3) is 0.0152. The number of fused-ring (bicyclic) bond motifs is 9. The van der Waals surface area contributed by atoms with Crippen LogP contribution >= 0.6 is 11.3 Å². The number of aromatic nitrogens is 3. The molecule has 0 saturated heterocycles. The highest BCUT2D eigenvalue weighted by molar-refractivity contribution is 7.26. The molecule has 3 heterocycles. The van der Waals surface area contributed by atoms with Gasteiger partial charge < -0.3 is 4.42 Å². The molecule has 0 atom stereocenters. The molecular formula is C66H41N3OS. The second-order valence-electron chi connectivity index (χ2n) is 18.3. The van der Waals surface area contributed by atoms with Crippen molar-refractivity contribution < 1.29 is 4.42 Å². The van der Waals surface area contributed by atoms with E-state index in [4.69, 9.17) is 19.4 Å². The van der Waals surface area contributed by atoms with Crippen LogP contribution in [0.15, 0.2) is 235 Å². The van der Waals surface area contributed by atoms with Crippen LogP contribution in [0.3, 0.4) is 0 Å². The molecule has 0 unspecified atom stereocenters. The number of thiophene rings is 1. The first-order valence-electron chi connectivity index (χ1n) is 24.0. The summed E-state index contributed by atoms with van der Waals surface area (Å²) in [6.07, 6.45) is 3.20. The van der Waals surface area contributed by atoms with Crippen molar-refractivity contribution in [3.05, 3.63) is 247 Å². The third kappa shape index (κ3) is 7.25. The van der Waals surface area contributed by atoms with Gasteiger partial charge in [0, 0.05) is 53.2 Å². The van der Waals surface area contributed by atoms with Crippen molar-refractivity contribution in [2.24, 2.45) is 0 Å². The van der Waals surface area contributed by atoms with Gasteiger partial charge >= 0.3 is 0 Å². The van der Waals surface area contributed by atoms with E-state index in [0.29, 0.717) is 17.5 Å². The fourth-order valence-corrected chi connectivity index (χ4v) is 11.6. The SMILES string of the molecule is C(=C1\Cc2ccc(-c3cccc(-c4cccc5c4oc4ccccc45)c3)cc2-c2cc(-c3ccc4sc5cccc(-c6nc(-c7ccccc7)nc(-c7ccccc7)n6)c5c4c3)ccc21)/c1ccccc1. The van der Waals surface area contributed by atoms with Gasteiger partial charge in [-0.15, -0.1) is 11.3 Å². The fourth-order valence-electron chi connectivity index (χ4n) is 10.5. The largest absolute Gasteiger partial charge is 0.455 e. The second kappa shape index (κ2) is 16.9. The molecule has 0 radical (unpaired) electrons. The Morgan fingerprint density at radius 1 is 0.366 bits per heavy atom. The van der Waals surface area contributed by atoms with Crippen molar-refractivity contribution in [3.8, 4) is 78.7 Å². The first-order valence-corrected chi connectivity index (χ1v) is 24.8. The zero-order chi connectivity index (χ0) is 46.8. The summed E-state index contributed by atoms with van der Waals surface area (Å²) in [5.41, 5.74) is 19.2. The standard InChI is InChI=1S/C66H41N3OS/c1-4-15-41(16-5-1)35-50-37-49-30-29-45(44-21-12-22-48(36-44)52-24-13-25-54-53-23-10-11-27-59(53)70-63(52)54)38-56(49)57-39-46(31-33-51(50)57)47-32-34-60-58(40-47)62-55(26-14-28-61(62)71-60)66-68-64(42-17-6-2-7-18-42)67-65(69-66)43-19-8-3-9-20-43/h1-36,38-40H,37H2/b50-35-. The summed E-state index contributed by atoms with van der Waals surface area (Å²) in [5, 5.41) is 4.60. The second-order valence-corrected chi connectivity index (χ2v) is 19.4. The van der Waals surface area contributed by atoms with E-state index in [-0.39, 0.29) is 0 Å². The smallest absolute Gasteiger partial charge is 0.164 e. The zero-order valence-electron chi connectivity index (χ0n) is 38.4. The van der Waals surface area contributed by atoms with Gasteiger partial charge in [0.2, 0.25) is 0 Å². The van der Waals surface area contributed by atoms with Crippen molar-refractivity contribution in [2.75, 3.05) is 0 Å². The molecule has 0 saturated carbocycles. The first-order chi connectivity index (χ1) is 35.1. The molecule has 0 aliphatic heterocycles. The molecule has 1 aliphatic carbocycles.